The molecule has 1 nitrogen and oxygen atoms in total. The van der Waals surface area contributed by atoms with Crippen molar-refractivity contribution in [1.29, 1.82) is 0 Å². The predicted molar refractivity (Wildman–Crippen MR) is 26.1 cm³/mol. The highest BCUT2D eigenvalue weighted by atomic mass is 14.5. The average Bonchev–Trinajstić information content (AvgIpc) is 2.19. The van der Waals surface area contributed by atoms with E-state index < -0.39 is 0 Å². The van der Waals surface area contributed by atoms with E-state index in [0.29, 0.717) is 0 Å². The predicted octanol–water partition coefficient (Wildman–Crippen LogP) is 0.869. The summed E-state index contributed by atoms with van der Waals surface area (Å²) in [6, 6.07) is 0. The summed E-state index contributed by atoms with van der Waals surface area (Å²) in [6.07, 6.45) is 2.95. The Morgan fingerprint density at radius 3 is 2.50 bits per heavy atom. The smallest absolute Gasteiger partial charge is 0.00674 e. The molecular weight excluding hydrogens is 74.1 g/mol. The third-order valence-electron chi connectivity index (χ3n) is 1.23. The van der Waals surface area contributed by atoms with Crippen LogP contribution in [0, 0.1) is 5.92 Å². The van der Waals surface area contributed by atoms with E-state index in [1.165, 1.54) is 12.0 Å². The Balaban J connectivity index is 2.44. The molecule has 34 valence electrons. The van der Waals surface area contributed by atoms with Gasteiger partial charge >= 0.3 is 0 Å². The molecule has 1 rings (SSSR count). The molecule has 0 aromatic heterocycles. The molecule has 0 aromatic carbocycles. The van der Waals surface area contributed by atoms with Gasteiger partial charge in [0.05, 0.1) is 0 Å². The van der Waals surface area contributed by atoms with Gasteiger partial charge in [0.25, 0.3) is 0 Å². The lowest BCUT2D eigenvalue weighted by Crippen LogP contribution is -1.73. The lowest BCUT2D eigenvalue weighted by Gasteiger charge is -1.65. The topological polar surface area (TPSA) is 26.0 Å². The van der Waals surface area contributed by atoms with Crippen molar-refractivity contribution >= 4 is 0 Å². The summed E-state index contributed by atoms with van der Waals surface area (Å²) in [4.78, 5) is 0. The van der Waals surface area contributed by atoms with Crippen molar-refractivity contribution in [1.82, 2.24) is 0 Å². The van der Waals surface area contributed by atoms with Crippen LogP contribution in [0.2, 0.25) is 0 Å². The third-order valence-corrected chi connectivity index (χ3v) is 1.23. The van der Waals surface area contributed by atoms with E-state index in [0.717, 1.165) is 5.92 Å². The highest BCUT2D eigenvalue weighted by Gasteiger charge is 2.22. The van der Waals surface area contributed by atoms with Crippen LogP contribution in [-0.4, -0.2) is 0 Å². The molecular formula is C5H9N. The number of rotatable bonds is 0. The fraction of sp³-hybridized carbons (Fsp3) is 0.600. The molecule has 1 atom stereocenters. The maximum absolute atomic E-state index is 5.16. The molecule has 1 aliphatic rings. The fourth-order valence-electron chi connectivity index (χ4n) is 0.527. The molecule has 2 N–H and O–H groups in total. The minimum Gasteiger partial charge on any atom is -0.405 e. The van der Waals surface area contributed by atoms with Gasteiger partial charge in [-0.2, -0.15) is 0 Å². The minimum atomic E-state index is 0.801. The molecule has 1 aliphatic carbocycles. The molecule has 0 spiro atoms. The van der Waals surface area contributed by atoms with Crippen molar-refractivity contribution in [2.45, 2.75) is 13.3 Å². The Morgan fingerprint density at radius 1 is 2.00 bits per heavy atom. The van der Waals surface area contributed by atoms with Gasteiger partial charge in [-0.15, -0.1) is 0 Å². The largest absolute Gasteiger partial charge is 0.405 e. The third kappa shape index (κ3) is 0.402. The maximum Gasteiger partial charge on any atom is -0.00674 e. The van der Waals surface area contributed by atoms with Crippen LogP contribution < -0.4 is 5.73 Å². The highest BCUT2D eigenvalue weighted by molar-refractivity contribution is 5.19. The van der Waals surface area contributed by atoms with E-state index in [-0.39, 0.29) is 0 Å². The van der Waals surface area contributed by atoms with Crippen LogP contribution in [0.5, 0.6) is 0 Å². The summed E-state index contributed by atoms with van der Waals surface area (Å²) < 4.78 is 0. The molecule has 0 aliphatic heterocycles. The highest BCUT2D eigenvalue weighted by Crippen LogP contribution is 2.35. The lowest BCUT2D eigenvalue weighted by molar-refractivity contribution is 1.02. The molecule has 0 aromatic rings. The van der Waals surface area contributed by atoms with Gasteiger partial charge in [0.15, 0.2) is 0 Å². The quantitative estimate of drug-likeness (QED) is 0.462. The minimum absolute atomic E-state index is 0.801. The standard InChI is InChI=1S/C5H9N/c1-4-2-5(4)3-6/h3-4H,2,6H2,1H3/b5-3-. The zero-order chi connectivity index (χ0) is 4.57. The summed E-state index contributed by atoms with van der Waals surface area (Å²) in [5.74, 6) is 0.801. The van der Waals surface area contributed by atoms with Crippen LogP contribution >= 0.6 is 0 Å². The Labute approximate surface area is 37.8 Å². The number of allylic oxidation sites excluding steroid dienone is 1. The molecule has 1 unspecified atom stereocenters. The normalized spacial score (nSPS) is 37.5. The zero-order valence-corrected chi connectivity index (χ0v) is 3.94. The summed E-state index contributed by atoms with van der Waals surface area (Å²) in [5.41, 5.74) is 6.57. The average molecular weight is 83.1 g/mol. The van der Waals surface area contributed by atoms with Gasteiger partial charge in [0.1, 0.15) is 0 Å². The summed E-state index contributed by atoms with van der Waals surface area (Å²) in [6.45, 7) is 2.18. The second kappa shape index (κ2) is 1.00. The number of hydrogen-bond donors (Lipinski definition) is 1. The first-order chi connectivity index (χ1) is 2.84. The van der Waals surface area contributed by atoms with Crippen LogP contribution in [0.1, 0.15) is 13.3 Å². The Hall–Kier alpha value is -0.460. The second-order valence-corrected chi connectivity index (χ2v) is 1.85. The molecule has 1 saturated carbocycles. The van der Waals surface area contributed by atoms with Crippen LogP contribution in [-0.2, 0) is 0 Å². The summed E-state index contributed by atoms with van der Waals surface area (Å²) >= 11 is 0. The van der Waals surface area contributed by atoms with Crippen molar-refractivity contribution in [2.24, 2.45) is 11.7 Å². The first-order valence-electron chi connectivity index (χ1n) is 2.25. The summed E-state index contributed by atoms with van der Waals surface area (Å²) in [7, 11) is 0. The van der Waals surface area contributed by atoms with Gasteiger partial charge in [-0.3, -0.25) is 0 Å². The van der Waals surface area contributed by atoms with E-state index in [2.05, 4.69) is 6.92 Å². The maximum atomic E-state index is 5.16. The van der Waals surface area contributed by atoms with Crippen LogP contribution in [0.4, 0.5) is 0 Å². The summed E-state index contributed by atoms with van der Waals surface area (Å²) in [5, 5.41) is 0. The van der Waals surface area contributed by atoms with Crippen LogP contribution in [0.15, 0.2) is 11.8 Å². The van der Waals surface area contributed by atoms with Gasteiger partial charge in [-0.25, -0.2) is 0 Å². The molecule has 0 bridgehead atoms. The molecule has 0 saturated heterocycles. The van der Waals surface area contributed by atoms with Gasteiger partial charge in [-0.1, -0.05) is 12.5 Å². The van der Waals surface area contributed by atoms with Crippen molar-refractivity contribution in [2.75, 3.05) is 0 Å². The fourth-order valence-corrected chi connectivity index (χ4v) is 0.527. The van der Waals surface area contributed by atoms with Gasteiger partial charge in [-0.05, 0) is 18.5 Å². The van der Waals surface area contributed by atoms with E-state index in [9.17, 15) is 0 Å². The molecule has 0 heterocycles. The molecule has 1 heteroatoms. The number of nitrogens with two attached hydrogens (primary N) is 1. The Morgan fingerprint density at radius 2 is 2.50 bits per heavy atom. The van der Waals surface area contributed by atoms with Gasteiger partial charge < -0.3 is 5.73 Å². The van der Waals surface area contributed by atoms with Gasteiger partial charge in [0, 0.05) is 0 Å². The SMILES string of the molecule is CC1C/C1=C/N. The van der Waals surface area contributed by atoms with E-state index in [4.69, 9.17) is 5.73 Å². The van der Waals surface area contributed by atoms with Crippen molar-refractivity contribution in [3.05, 3.63) is 11.8 Å². The van der Waals surface area contributed by atoms with Crippen molar-refractivity contribution < 1.29 is 0 Å². The van der Waals surface area contributed by atoms with Crippen molar-refractivity contribution in [3.8, 4) is 0 Å². The first kappa shape index (κ1) is 3.72. The van der Waals surface area contributed by atoms with E-state index in [1.54, 1.807) is 6.20 Å². The van der Waals surface area contributed by atoms with Crippen LogP contribution in [0.25, 0.3) is 0 Å². The van der Waals surface area contributed by atoms with Gasteiger partial charge in [0.2, 0.25) is 0 Å². The monoisotopic (exact) mass is 83.1 g/mol. The second-order valence-electron chi connectivity index (χ2n) is 1.85. The van der Waals surface area contributed by atoms with Crippen molar-refractivity contribution in [3.63, 3.8) is 0 Å². The Bertz CT molecular complexity index is 83.9. The molecule has 0 radical (unpaired) electrons. The molecule has 1 fully saturated rings. The molecule has 0 amide bonds. The van der Waals surface area contributed by atoms with E-state index >= 15 is 0 Å². The Kier molecular flexibility index (Phi) is 0.621. The zero-order valence-electron chi connectivity index (χ0n) is 3.94. The molecule has 6 heavy (non-hydrogen) atoms. The van der Waals surface area contributed by atoms with Crippen LogP contribution in [0.3, 0.4) is 0 Å². The first-order valence-corrected chi connectivity index (χ1v) is 2.25. The van der Waals surface area contributed by atoms with E-state index in [1.807, 2.05) is 0 Å². The number of hydrogen-bond acceptors (Lipinski definition) is 1. The lowest BCUT2D eigenvalue weighted by atomic mass is 10.5.